The molecule has 0 aromatic heterocycles. The molecule has 1 aliphatic heterocycles. The van der Waals surface area contributed by atoms with Crippen LogP contribution in [0.5, 0.6) is 0 Å². The highest BCUT2D eigenvalue weighted by Gasteiger charge is 2.39. The lowest BCUT2D eigenvalue weighted by Crippen LogP contribution is -2.61. The molecule has 1 heterocycles. The van der Waals surface area contributed by atoms with E-state index in [0.29, 0.717) is 38.6 Å². The number of aliphatic hydroxyl groups is 1. The summed E-state index contributed by atoms with van der Waals surface area (Å²) in [6, 6.07) is -6.35. The molecular formula is C31H57N7O8. The molecule has 0 bridgehead atoms. The average Bonchev–Trinajstić information content (AvgIpc) is 3.50. The summed E-state index contributed by atoms with van der Waals surface area (Å²) in [5.41, 5.74) is 11.2. The minimum absolute atomic E-state index is 0.00234. The first-order valence-corrected chi connectivity index (χ1v) is 16.4. The topological polar surface area (TPSA) is 246 Å². The number of carboxylic acids is 1. The number of likely N-dealkylation sites (tertiary alicyclic amines) is 1. The summed E-state index contributed by atoms with van der Waals surface area (Å²) in [7, 11) is 0. The molecule has 10 N–H and O–H groups in total. The molecule has 264 valence electrons. The van der Waals surface area contributed by atoms with Gasteiger partial charge in [0.2, 0.25) is 29.5 Å². The van der Waals surface area contributed by atoms with E-state index in [1.807, 2.05) is 20.8 Å². The van der Waals surface area contributed by atoms with E-state index in [4.69, 9.17) is 11.5 Å². The molecule has 0 unspecified atom stereocenters. The fraction of sp³-hybridized carbons (Fsp3) is 0.806. The maximum absolute atomic E-state index is 13.7. The first-order valence-electron chi connectivity index (χ1n) is 16.4. The molecule has 1 fully saturated rings. The molecular weight excluding hydrogens is 598 g/mol. The molecule has 1 saturated heterocycles. The van der Waals surface area contributed by atoms with Gasteiger partial charge in [-0.25, -0.2) is 4.79 Å². The largest absolute Gasteiger partial charge is 0.480 e. The summed E-state index contributed by atoms with van der Waals surface area (Å²) < 4.78 is 0. The highest BCUT2D eigenvalue weighted by atomic mass is 16.4. The highest BCUT2D eigenvalue weighted by Crippen LogP contribution is 2.21. The summed E-state index contributed by atoms with van der Waals surface area (Å²) in [4.78, 5) is 79.6. The summed E-state index contributed by atoms with van der Waals surface area (Å²) >= 11 is 0. The Bertz CT molecular complexity index is 1040. The molecule has 46 heavy (non-hydrogen) atoms. The number of carbonyl (C=O) groups excluding carboxylic acids is 5. The van der Waals surface area contributed by atoms with Crippen LogP contribution in [0.3, 0.4) is 0 Å². The third-order valence-corrected chi connectivity index (χ3v) is 8.30. The SMILES string of the molecule is CC[C@H](C)[C@H](NC(=O)[C@@H](NC(=O)[C@H](CCCCN)NC(=O)[C@@H](N)CO)C(C)C)C(=O)N[C@@H](CC(C)C)C(=O)N1CCC[C@H]1C(=O)O. The highest BCUT2D eigenvalue weighted by molar-refractivity contribution is 5.96. The number of aliphatic hydroxyl groups excluding tert-OH is 1. The van der Waals surface area contributed by atoms with Crippen molar-refractivity contribution in [3.8, 4) is 0 Å². The maximum Gasteiger partial charge on any atom is 0.326 e. The predicted molar refractivity (Wildman–Crippen MR) is 172 cm³/mol. The maximum atomic E-state index is 13.7. The van der Waals surface area contributed by atoms with Gasteiger partial charge in [0.05, 0.1) is 6.61 Å². The molecule has 15 heteroatoms. The number of amides is 5. The predicted octanol–water partition coefficient (Wildman–Crippen LogP) is -0.802. The summed E-state index contributed by atoms with van der Waals surface area (Å²) in [5, 5.41) is 29.6. The standard InChI is InChI=1S/C31H57N7O8/c1-7-19(6)25(29(43)35-22(15-17(2)3)30(44)38-14-10-12-23(38)31(45)46)37-28(42)24(18(4)5)36-27(41)21(11-8-9-13-32)34-26(40)20(33)16-39/h17-25,39H,7-16,32-33H2,1-6H3,(H,34,40)(H,35,43)(H,36,41)(H,37,42)(H,45,46)/t19-,20-,21-,22-,23-,24-,25-/m0/s1. The summed E-state index contributed by atoms with van der Waals surface area (Å²) in [6.45, 7) is 10.9. The number of nitrogens with two attached hydrogens (primary N) is 2. The van der Waals surface area contributed by atoms with Gasteiger partial charge in [-0.3, -0.25) is 24.0 Å². The molecule has 7 atom stereocenters. The van der Waals surface area contributed by atoms with Gasteiger partial charge < -0.3 is 47.8 Å². The van der Waals surface area contributed by atoms with Gasteiger partial charge >= 0.3 is 5.97 Å². The second kappa shape index (κ2) is 20.0. The molecule has 1 rings (SSSR count). The zero-order valence-corrected chi connectivity index (χ0v) is 28.2. The van der Waals surface area contributed by atoms with Crippen LogP contribution in [-0.2, 0) is 28.8 Å². The lowest BCUT2D eigenvalue weighted by Gasteiger charge is -2.32. The van der Waals surface area contributed by atoms with E-state index >= 15 is 0 Å². The van der Waals surface area contributed by atoms with Crippen molar-refractivity contribution in [3.63, 3.8) is 0 Å². The van der Waals surface area contributed by atoms with E-state index in [1.165, 1.54) is 4.90 Å². The van der Waals surface area contributed by atoms with Gasteiger partial charge in [-0.2, -0.15) is 0 Å². The van der Waals surface area contributed by atoms with Crippen LogP contribution in [0.15, 0.2) is 0 Å². The van der Waals surface area contributed by atoms with Crippen LogP contribution in [0.1, 0.15) is 86.5 Å². The smallest absolute Gasteiger partial charge is 0.326 e. The molecule has 1 aliphatic rings. The molecule has 0 spiro atoms. The number of nitrogens with zero attached hydrogens (tertiary/aromatic N) is 1. The first-order chi connectivity index (χ1) is 21.6. The van der Waals surface area contributed by atoms with E-state index in [2.05, 4.69) is 21.3 Å². The van der Waals surface area contributed by atoms with Crippen LogP contribution in [-0.4, -0.2) is 107 Å². The molecule has 0 aromatic carbocycles. The number of carbonyl (C=O) groups is 6. The van der Waals surface area contributed by atoms with Gasteiger partial charge in [-0.1, -0.05) is 48.0 Å². The normalized spacial score (nSPS) is 18.7. The van der Waals surface area contributed by atoms with Crippen molar-refractivity contribution in [1.82, 2.24) is 26.2 Å². The minimum Gasteiger partial charge on any atom is -0.480 e. The third-order valence-electron chi connectivity index (χ3n) is 8.30. The van der Waals surface area contributed by atoms with E-state index in [0.717, 1.165) is 0 Å². The number of unbranched alkanes of at least 4 members (excludes halogenated alkanes) is 1. The zero-order valence-electron chi connectivity index (χ0n) is 28.2. The van der Waals surface area contributed by atoms with Gasteiger partial charge in [0.1, 0.15) is 36.3 Å². The molecule has 0 aromatic rings. The van der Waals surface area contributed by atoms with Crippen LogP contribution >= 0.6 is 0 Å². The van der Waals surface area contributed by atoms with E-state index in [9.17, 15) is 39.0 Å². The lowest BCUT2D eigenvalue weighted by molar-refractivity contribution is -0.149. The van der Waals surface area contributed by atoms with Crippen molar-refractivity contribution in [1.29, 1.82) is 0 Å². The van der Waals surface area contributed by atoms with Crippen molar-refractivity contribution >= 4 is 35.5 Å². The Hall–Kier alpha value is -3.30. The summed E-state index contributed by atoms with van der Waals surface area (Å²) in [6.07, 6.45) is 3.00. The van der Waals surface area contributed by atoms with Crippen molar-refractivity contribution < 1.29 is 39.0 Å². The quantitative estimate of drug-likeness (QED) is 0.0759. The van der Waals surface area contributed by atoms with Crippen molar-refractivity contribution in [2.24, 2.45) is 29.2 Å². The van der Waals surface area contributed by atoms with Crippen LogP contribution in [0.2, 0.25) is 0 Å². The number of hydrogen-bond donors (Lipinski definition) is 8. The van der Waals surface area contributed by atoms with Crippen molar-refractivity contribution in [2.45, 2.75) is 123 Å². The monoisotopic (exact) mass is 655 g/mol. The fourth-order valence-corrected chi connectivity index (χ4v) is 5.30. The Morgan fingerprint density at radius 2 is 1.43 bits per heavy atom. The number of hydrogen-bond acceptors (Lipinski definition) is 9. The second-order valence-electron chi connectivity index (χ2n) is 13.0. The van der Waals surface area contributed by atoms with Gasteiger partial charge in [0.15, 0.2) is 0 Å². The van der Waals surface area contributed by atoms with Crippen molar-refractivity contribution in [3.05, 3.63) is 0 Å². The Balaban J connectivity index is 3.19. The summed E-state index contributed by atoms with van der Waals surface area (Å²) in [5.74, 6) is -4.90. The van der Waals surface area contributed by atoms with Crippen LogP contribution < -0.4 is 32.7 Å². The van der Waals surface area contributed by atoms with Gasteiger partial charge in [0, 0.05) is 6.54 Å². The molecule has 0 aliphatic carbocycles. The molecule has 0 radical (unpaired) electrons. The zero-order chi connectivity index (χ0) is 35.1. The Morgan fingerprint density at radius 3 is 1.96 bits per heavy atom. The average molecular weight is 656 g/mol. The number of carboxylic acid groups (broad SMARTS) is 1. The van der Waals surface area contributed by atoms with Crippen LogP contribution in [0.25, 0.3) is 0 Å². The third kappa shape index (κ3) is 12.5. The minimum atomic E-state index is -1.23. The Labute approximate surface area is 272 Å². The lowest BCUT2D eigenvalue weighted by atomic mass is 9.95. The fourth-order valence-electron chi connectivity index (χ4n) is 5.30. The Morgan fingerprint density at radius 1 is 0.848 bits per heavy atom. The number of nitrogens with one attached hydrogen (secondary N) is 4. The molecule has 5 amide bonds. The van der Waals surface area contributed by atoms with E-state index in [-0.39, 0.29) is 31.2 Å². The molecule has 15 nitrogen and oxygen atoms in total. The van der Waals surface area contributed by atoms with Crippen molar-refractivity contribution in [2.75, 3.05) is 19.7 Å². The van der Waals surface area contributed by atoms with Gasteiger partial charge in [0.25, 0.3) is 0 Å². The Kier molecular flexibility index (Phi) is 17.7. The van der Waals surface area contributed by atoms with E-state index < -0.39 is 84.3 Å². The molecule has 0 saturated carbocycles. The first kappa shape index (κ1) is 40.7. The number of rotatable bonds is 20. The second-order valence-corrected chi connectivity index (χ2v) is 13.0. The van der Waals surface area contributed by atoms with E-state index in [1.54, 1.807) is 20.8 Å². The van der Waals surface area contributed by atoms with Crippen LogP contribution in [0.4, 0.5) is 0 Å². The van der Waals surface area contributed by atoms with Gasteiger partial charge in [-0.05, 0) is 62.8 Å². The number of aliphatic carboxylic acids is 1. The van der Waals surface area contributed by atoms with Crippen LogP contribution in [0, 0.1) is 17.8 Å². The van der Waals surface area contributed by atoms with Gasteiger partial charge in [-0.15, -0.1) is 0 Å².